The minimum absolute atomic E-state index is 0.101. The summed E-state index contributed by atoms with van der Waals surface area (Å²) in [5.41, 5.74) is 31.0. The summed E-state index contributed by atoms with van der Waals surface area (Å²) in [7, 11) is 0. The standard InChI is InChI=1S/C60H44B2N4/c1-33-13-19-39(20-14-33)63-49-23-17-35(3)25-47(49)61-45-11-7-9-41-43-31-44-42-10-8-12-46-60(42)66(52(44)32-51(43)65(59(41)45)55-29-37(5)27-53(63)57(55)61)56-30-38(6)28-54-58(56)62(46)48-26-36(4)18-24-50(48)64(54)40-21-15-34(2)16-22-40/h7-32H,1-6H3. The van der Waals surface area contributed by atoms with Gasteiger partial charge in [0.1, 0.15) is 0 Å². The Kier molecular flexibility index (Phi) is 6.97. The van der Waals surface area contributed by atoms with Gasteiger partial charge in [0.05, 0.1) is 11.0 Å². The number of benzene rings is 9. The summed E-state index contributed by atoms with van der Waals surface area (Å²) in [6, 6.07) is 61.3. The van der Waals surface area contributed by atoms with Crippen LogP contribution in [0.15, 0.2) is 158 Å². The van der Waals surface area contributed by atoms with Crippen LogP contribution in [0.5, 0.6) is 0 Å². The van der Waals surface area contributed by atoms with Crippen molar-refractivity contribution < 1.29 is 0 Å². The fraction of sp³-hybridized carbons (Fsp3) is 0.100. The van der Waals surface area contributed by atoms with Gasteiger partial charge < -0.3 is 18.9 Å². The number of hydrogen-bond donors (Lipinski definition) is 0. The molecule has 4 aliphatic rings. The molecule has 0 saturated heterocycles. The Labute approximate surface area is 385 Å². The molecule has 0 atom stereocenters. The van der Waals surface area contributed by atoms with Crippen LogP contribution in [0.2, 0.25) is 0 Å². The molecular weight excluding hydrogens is 798 g/mol. The van der Waals surface area contributed by atoms with Gasteiger partial charge in [-0.25, -0.2) is 0 Å². The summed E-state index contributed by atoms with van der Waals surface area (Å²) in [6.45, 7) is 13.6. The van der Waals surface area contributed by atoms with Gasteiger partial charge in [-0.1, -0.05) is 107 Å². The van der Waals surface area contributed by atoms with Crippen molar-refractivity contribution in [1.29, 1.82) is 0 Å². The lowest BCUT2D eigenvalue weighted by Crippen LogP contribution is -2.60. The Bertz CT molecular complexity index is 3760. The van der Waals surface area contributed by atoms with E-state index in [0.717, 1.165) is 0 Å². The first-order valence-corrected chi connectivity index (χ1v) is 23.5. The molecule has 6 heteroatoms. The molecule has 0 unspecified atom stereocenters. The zero-order valence-electron chi connectivity index (χ0n) is 38.0. The van der Waals surface area contributed by atoms with E-state index >= 15 is 0 Å². The number of nitrogens with zero attached hydrogens (tertiary/aromatic N) is 4. The van der Waals surface area contributed by atoms with Gasteiger partial charge in [0.15, 0.2) is 0 Å². The fourth-order valence-electron chi connectivity index (χ4n) is 12.9. The maximum absolute atomic E-state index is 2.64. The highest BCUT2D eigenvalue weighted by Crippen LogP contribution is 2.46. The van der Waals surface area contributed by atoms with Crippen LogP contribution >= 0.6 is 0 Å². The minimum atomic E-state index is 0.101. The van der Waals surface area contributed by atoms with Crippen molar-refractivity contribution in [3.8, 4) is 11.4 Å². The van der Waals surface area contributed by atoms with E-state index in [2.05, 4.69) is 218 Å². The van der Waals surface area contributed by atoms with Crippen LogP contribution in [0.4, 0.5) is 34.1 Å². The van der Waals surface area contributed by atoms with E-state index in [-0.39, 0.29) is 13.4 Å². The predicted molar refractivity (Wildman–Crippen MR) is 282 cm³/mol. The van der Waals surface area contributed by atoms with Crippen molar-refractivity contribution >= 4 is 124 Å². The van der Waals surface area contributed by atoms with Crippen LogP contribution in [-0.4, -0.2) is 22.6 Å². The quantitative estimate of drug-likeness (QED) is 0.161. The smallest absolute Gasteiger partial charge is 0.252 e. The van der Waals surface area contributed by atoms with E-state index in [4.69, 9.17) is 0 Å². The number of para-hydroxylation sites is 2. The number of hydrogen-bond acceptors (Lipinski definition) is 2. The average Bonchev–Trinajstić information content (AvgIpc) is 3.82. The lowest BCUT2D eigenvalue weighted by Gasteiger charge is -2.41. The van der Waals surface area contributed by atoms with E-state index in [0.29, 0.717) is 0 Å². The minimum Gasteiger partial charge on any atom is -0.311 e. The van der Waals surface area contributed by atoms with Crippen molar-refractivity contribution in [2.75, 3.05) is 9.80 Å². The Hall–Kier alpha value is -7.69. The monoisotopic (exact) mass is 842 g/mol. The second-order valence-electron chi connectivity index (χ2n) is 19.8. The van der Waals surface area contributed by atoms with E-state index in [1.54, 1.807) is 0 Å². The fourth-order valence-corrected chi connectivity index (χ4v) is 12.9. The second kappa shape index (κ2) is 12.6. The predicted octanol–water partition coefficient (Wildman–Crippen LogP) is 11.0. The first-order chi connectivity index (χ1) is 32.2. The Morgan fingerprint density at radius 1 is 0.303 bits per heavy atom. The summed E-state index contributed by atoms with van der Waals surface area (Å²) < 4.78 is 5.27. The maximum atomic E-state index is 2.64. The number of anilines is 6. The van der Waals surface area contributed by atoms with Gasteiger partial charge in [-0.15, -0.1) is 0 Å². The lowest BCUT2D eigenvalue weighted by atomic mass is 9.33. The van der Waals surface area contributed by atoms with Crippen LogP contribution in [0.25, 0.3) is 55.0 Å². The molecule has 9 aromatic carbocycles. The largest absolute Gasteiger partial charge is 0.311 e. The van der Waals surface area contributed by atoms with Crippen molar-refractivity contribution in [3.63, 3.8) is 0 Å². The van der Waals surface area contributed by atoms with Gasteiger partial charge in [0.25, 0.3) is 13.4 Å². The van der Waals surface area contributed by atoms with Crippen molar-refractivity contribution in [1.82, 2.24) is 9.13 Å². The third kappa shape index (κ3) is 4.56. The molecule has 0 fully saturated rings. The summed E-state index contributed by atoms with van der Waals surface area (Å²) in [4.78, 5) is 5.04. The van der Waals surface area contributed by atoms with Crippen LogP contribution in [0.1, 0.15) is 33.4 Å². The third-order valence-electron chi connectivity index (χ3n) is 15.5. The first-order valence-electron chi connectivity index (χ1n) is 23.5. The van der Waals surface area contributed by atoms with Crippen LogP contribution < -0.4 is 42.6 Å². The zero-order chi connectivity index (χ0) is 44.0. The average molecular weight is 843 g/mol. The van der Waals surface area contributed by atoms with Gasteiger partial charge in [0.2, 0.25) is 0 Å². The molecule has 66 heavy (non-hydrogen) atoms. The van der Waals surface area contributed by atoms with Crippen LogP contribution in [-0.2, 0) is 0 Å². The number of aryl methyl sites for hydroxylation is 6. The highest BCUT2D eigenvalue weighted by Gasteiger charge is 2.44. The molecule has 4 nitrogen and oxygen atoms in total. The number of rotatable bonds is 2. The molecule has 0 amide bonds. The number of aromatic nitrogens is 2. The van der Waals surface area contributed by atoms with Gasteiger partial charge in [-0.05, 0) is 158 Å². The molecular formula is C60H44B2N4. The summed E-state index contributed by atoms with van der Waals surface area (Å²) in [5, 5.41) is 5.23. The van der Waals surface area contributed by atoms with Crippen LogP contribution in [0.3, 0.4) is 0 Å². The van der Waals surface area contributed by atoms with Crippen LogP contribution in [0, 0.1) is 41.5 Å². The molecule has 4 aliphatic heterocycles. The van der Waals surface area contributed by atoms with Gasteiger partial charge in [0, 0.05) is 78.1 Å². The van der Waals surface area contributed by atoms with Crippen molar-refractivity contribution in [3.05, 3.63) is 191 Å². The second-order valence-corrected chi connectivity index (χ2v) is 19.8. The first kappa shape index (κ1) is 36.6. The van der Waals surface area contributed by atoms with E-state index in [9.17, 15) is 0 Å². The Morgan fingerprint density at radius 3 is 1.15 bits per heavy atom. The van der Waals surface area contributed by atoms with E-state index < -0.39 is 0 Å². The highest BCUT2D eigenvalue weighted by molar-refractivity contribution is 7.01. The molecule has 0 saturated carbocycles. The summed E-state index contributed by atoms with van der Waals surface area (Å²) in [6.07, 6.45) is 0. The van der Waals surface area contributed by atoms with Gasteiger partial charge in [-0.2, -0.15) is 0 Å². The Balaban J connectivity index is 1.06. The zero-order valence-corrected chi connectivity index (χ0v) is 38.0. The van der Waals surface area contributed by atoms with Crippen molar-refractivity contribution in [2.24, 2.45) is 0 Å². The highest BCUT2D eigenvalue weighted by atomic mass is 15.2. The van der Waals surface area contributed by atoms with Gasteiger partial charge in [-0.3, -0.25) is 0 Å². The molecule has 6 heterocycles. The van der Waals surface area contributed by atoms with E-state index in [1.807, 2.05) is 0 Å². The molecule has 11 aromatic rings. The molecule has 0 radical (unpaired) electrons. The Morgan fingerprint density at radius 2 is 0.712 bits per heavy atom. The molecule has 15 rings (SSSR count). The molecule has 0 spiro atoms. The maximum Gasteiger partial charge on any atom is 0.252 e. The summed E-state index contributed by atoms with van der Waals surface area (Å²) >= 11 is 0. The molecule has 2 aromatic heterocycles. The molecule has 0 N–H and O–H groups in total. The lowest BCUT2D eigenvalue weighted by molar-refractivity contribution is 1.15. The molecule has 310 valence electrons. The van der Waals surface area contributed by atoms with E-state index in [1.165, 1.54) is 155 Å². The summed E-state index contributed by atoms with van der Waals surface area (Å²) in [5.74, 6) is 0. The number of fused-ring (bicyclic) bond motifs is 14. The topological polar surface area (TPSA) is 16.3 Å². The SMILES string of the molecule is Cc1ccc(N2c3ccc(C)cc3B3c4c2cc(C)cc4-n2c4cc5c(cc4c4cccc3c42)c2cccc3c2n5-c2cc(C)cc4c2B3c2cc(C)ccc2N4c2ccc(C)cc2)cc1. The molecule has 0 aliphatic carbocycles. The third-order valence-corrected chi connectivity index (χ3v) is 15.5. The molecule has 0 bridgehead atoms. The van der Waals surface area contributed by atoms with Gasteiger partial charge >= 0.3 is 0 Å². The normalized spacial score (nSPS) is 13.8. The van der Waals surface area contributed by atoms with Crippen molar-refractivity contribution in [2.45, 2.75) is 41.5 Å².